The molecule has 0 spiro atoms. The summed E-state index contributed by atoms with van der Waals surface area (Å²) < 4.78 is 0. The lowest BCUT2D eigenvalue weighted by molar-refractivity contribution is -0.143. The topological polar surface area (TPSA) is 61.4 Å². The lowest BCUT2D eigenvalue weighted by Gasteiger charge is -2.34. The maximum Gasteiger partial charge on any atom is 0.242 e. The lowest BCUT2D eigenvalue weighted by atomic mass is 10.1. The minimum absolute atomic E-state index is 0. The van der Waals surface area contributed by atoms with Crippen LogP contribution in [0.4, 0.5) is 0 Å². The zero-order valence-corrected chi connectivity index (χ0v) is 11.3. The van der Waals surface area contributed by atoms with Crippen molar-refractivity contribution in [2.75, 3.05) is 26.7 Å². The van der Waals surface area contributed by atoms with E-state index in [0.717, 1.165) is 13.0 Å². The molecule has 0 aromatic rings. The molecule has 1 aliphatic rings. The minimum atomic E-state index is -0.268. The molecule has 6 heteroatoms. The van der Waals surface area contributed by atoms with Crippen LogP contribution in [0.3, 0.4) is 0 Å². The number of nitrogens with zero attached hydrogens (tertiary/aromatic N) is 1. The number of carbonyl (C=O) groups is 2. The molecule has 2 N–H and O–H groups in total. The van der Waals surface area contributed by atoms with Crippen molar-refractivity contribution in [2.45, 2.75) is 32.2 Å². The van der Waals surface area contributed by atoms with Crippen molar-refractivity contribution in [3.8, 4) is 0 Å². The van der Waals surface area contributed by atoms with E-state index in [1.165, 1.54) is 0 Å². The summed E-state index contributed by atoms with van der Waals surface area (Å²) in [7, 11) is 1.87. The summed E-state index contributed by atoms with van der Waals surface area (Å²) >= 11 is 0. The first-order valence-electron chi connectivity index (χ1n) is 5.92. The van der Waals surface area contributed by atoms with Gasteiger partial charge >= 0.3 is 0 Å². The first kappa shape index (κ1) is 16.2. The highest BCUT2D eigenvalue weighted by Gasteiger charge is 2.30. The molecule has 0 aliphatic carbocycles. The van der Waals surface area contributed by atoms with E-state index in [2.05, 4.69) is 10.6 Å². The predicted molar refractivity (Wildman–Crippen MR) is 69.2 cm³/mol. The molecule has 0 radical (unpaired) electrons. The molecule has 1 atom stereocenters. The third kappa shape index (κ3) is 4.52. The fourth-order valence-corrected chi connectivity index (χ4v) is 1.98. The van der Waals surface area contributed by atoms with Gasteiger partial charge in [0, 0.05) is 19.5 Å². The van der Waals surface area contributed by atoms with E-state index in [1.807, 2.05) is 14.0 Å². The highest BCUT2D eigenvalue weighted by molar-refractivity contribution is 5.88. The third-order valence-corrected chi connectivity index (χ3v) is 2.86. The number of piperazine rings is 1. The zero-order chi connectivity index (χ0) is 12.0. The molecule has 0 saturated carbocycles. The zero-order valence-electron chi connectivity index (χ0n) is 10.5. The average Bonchev–Trinajstić information content (AvgIpc) is 2.29. The second-order valence-corrected chi connectivity index (χ2v) is 4.01. The molecule has 1 fully saturated rings. The van der Waals surface area contributed by atoms with Crippen LogP contribution in [0.25, 0.3) is 0 Å². The monoisotopic (exact) mass is 263 g/mol. The van der Waals surface area contributed by atoms with E-state index in [1.54, 1.807) is 4.90 Å². The molecule has 5 nitrogen and oxygen atoms in total. The van der Waals surface area contributed by atoms with Gasteiger partial charge in [0.25, 0.3) is 0 Å². The van der Waals surface area contributed by atoms with E-state index in [4.69, 9.17) is 0 Å². The highest BCUT2D eigenvalue weighted by atomic mass is 35.5. The summed E-state index contributed by atoms with van der Waals surface area (Å²) in [5.74, 6) is 0.0765. The summed E-state index contributed by atoms with van der Waals surface area (Å²) in [6.45, 7) is 3.99. The van der Waals surface area contributed by atoms with Crippen molar-refractivity contribution in [1.29, 1.82) is 0 Å². The number of nitrogens with one attached hydrogen (secondary N) is 2. The Kier molecular flexibility index (Phi) is 7.91. The Morgan fingerprint density at radius 2 is 2.29 bits per heavy atom. The summed E-state index contributed by atoms with van der Waals surface area (Å²) in [6, 6.07) is -0.268. The fraction of sp³-hybridized carbons (Fsp3) is 0.818. The van der Waals surface area contributed by atoms with Crippen LogP contribution in [0.1, 0.15) is 26.2 Å². The van der Waals surface area contributed by atoms with Gasteiger partial charge in [-0.25, -0.2) is 0 Å². The van der Waals surface area contributed by atoms with Crippen molar-refractivity contribution in [3.05, 3.63) is 0 Å². The van der Waals surface area contributed by atoms with Crippen LogP contribution in [0.5, 0.6) is 0 Å². The maximum atomic E-state index is 11.9. The second-order valence-electron chi connectivity index (χ2n) is 4.01. The molecule has 1 rings (SSSR count). The SMILES string of the molecule is CCC1C(=O)NCCN1C(=O)CCCNC.Cl. The van der Waals surface area contributed by atoms with Crippen molar-refractivity contribution in [3.63, 3.8) is 0 Å². The van der Waals surface area contributed by atoms with Gasteiger partial charge in [0.1, 0.15) is 6.04 Å². The Morgan fingerprint density at radius 1 is 1.59 bits per heavy atom. The molecule has 100 valence electrons. The Bertz CT molecular complexity index is 261. The Labute approximate surface area is 109 Å². The summed E-state index contributed by atoms with van der Waals surface area (Å²) in [5.41, 5.74) is 0. The highest BCUT2D eigenvalue weighted by Crippen LogP contribution is 2.10. The van der Waals surface area contributed by atoms with Gasteiger partial charge in [0.2, 0.25) is 11.8 Å². The van der Waals surface area contributed by atoms with Gasteiger partial charge in [-0.1, -0.05) is 6.92 Å². The normalized spacial score (nSPS) is 19.5. The van der Waals surface area contributed by atoms with Gasteiger partial charge in [-0.3, -0.25) is 9.59 Å². The molecule has 1 unspecified atom stereocenters. The average molecular weight is 264 g/mol. The number of amides is 2. The van der Waals surface area contributed by atoms with Crippen LogP contribution in [-0.2, 0) is 9.59 Å². The lowest BCUT2D eigenvalue weighted by Crippen LogP contribution is -2.56. The molecule has 0 bridgehead atoms. The van der Waals surface area contributed by atoms with Gasteiger partial charge in [0.05, 0.1) is 0 Å². The van der Waals surface area contributed by atoms with Crippen LogP contribution in [0, 0.1) is 0 Å². The van der Waals surface area contributed by atoms with Gasteiger partial charge in [-0.2, -0.15) is 0 Å². The Hall–Kier alpha value is -0.810. The Balaban J connectivity index is 0.00000256. The van der Waals surface area contributed by atoms with Crippen LogP contribution in [0.15, 0.2) is 0 Å². The fourth-order valence-electron chi connectivity index (χ4n) is 1.98. The third-order valence-electron chi connectivity index (χ3n) is 2.86. The van der Waals surface area contributed by atoms with E-state index in [9.17, 15) is 9.59 Å². The first-order chi connectivity index (χ1) is 7.70. The molecule has 1 heterocycles. The van der Waals surface area contributed by atoms with E-state index in [-0.39, 0.29) is 30.3 Å². The van der Waals surface area contributed by atoms with E-state index in [0.29, 0.717) is 25.9 Å². The smallest absolute Gasteiger partial charge is 0.242 e. The van der Waals surface area contributed by atoms with Gasteiger partial charge in [0.15, 0.2) is 0 Å². The molecule has 1 aliphatic heterocycles. The van der Waals surface area contributed by atoms with Crippen molar-refractivity contribution >= 4 is 24.2 Å². The van der Waals surface area contributed by atoms with Crippen LogP contribution < -0.4 is 10.6 Å². The largest absolute Gasteiger partial charge is 0.353 e. The summed E-state index contributed by atoms with van der Waals surface area (Å²) in [6.07, 6.45) is 2.03. The van der Waals surface area contributed by atoms with Crippen LogP contribution in [0.2, 0.25) is 0 Å². The van der Waals surface area contributed by atoms with Gasteiger partial charge < -0.3 is 15.5 Å². The molecule has 17 heavy (non-hydrogen) atoms. The summed E-state index contributed by atoms with van der Waals surface area (Å²) in [5, 5.41) is 5.80. The summed E-state index contributed by atoms with van der Waals surface area (Å²) in [4.78, 5) is 25.2. The maximum absolute atomic E-state index is 11.9. The second kappa shape index (κ2) is 8.31. The van der Waals surface area contributed by atoms with Gasteiger partial charge in [-0.15, -0.1) is 12.4 Å². The number of halogens is 1. The van der Waals surface area contributed by atoms with Crippen LogP contribution in [-0.4, -0.2) is 49.4 Å². The number of rotatable bonds is 5. The number of hydrogen-bond donors (Lipinski definition) is 2. The standard InChI is InChI=1S/C11H21N3O2.ClH/c1-3-9-11(16)13-7-8-14(9)10(15)5-4-6-12-2;/h9,12H,3-8H2,1-2H3,(H,13,16);1H. The molecular weight excluding hydrogens is 242 g/mol. The number of hydrogen-bond acceptors (Lipinski definition) is 3. The Morgan fingerprint density at radius 3 is 2.88 bits per heavy atom. The predicted octanol–water partition coefficient (Wildman–Crippen LogP) is 0.145. The van der Waals surface area contributed by atoms with Crippen molar-refractivity contribution in [1.82, 2.24) is 15.5 Å². The van der Waals surface area contributed by atoms with Crippen molar-refractivity contribution in [2.24, 2.45) is 0 Å². The molecular formula is C11H22ClN3O2. The quantitative estimate of drug-likeness (QED) is 0.694. The molecule has 2 amide bonds. The molecule has 1 saturated heterocycles. The van der Waals surface area contributed by atoms with Crippen LogP contribution >= 0.6 is 12.4 Å². The van der Waals surface area contributed by atoms with E-state index >= 15 is 0 Å². The van der Waals surface area contributed by atoms with Crippen molar-refractivity contribution < 1.29 is 9.59 Å². The van der Waals surface area contributed by atoms with E-state index < -0.39 is 0 Å². The van der Waals surface area contributed by atoms with Gasteiger partial charge in [-0.05, 0) is 26.4 Å². The first-order valence-corrected chi connectivity index (χ1v) is 5.92. The molecule has 0 aromatic carbocycles. The molecule has 0 aromatic heterocycles. The number of carbonyl (C=O) groups excluding carboxylic acids is 2. The minimum Gasteiger partial charge on any atom is -0.353 e.